The number of para-hydroxylation sites is 1. The van der Waals surface area contributed by atoms with Gasteiger partial charge in [-0.2, -0.15) is 4.58 Å². The van der Waals surface area contributed by atoms with Gasteiger partial charge in [0.1, 0.15) is 17.2 Å². The monoisotopic (exact) mass is 521 g/mol. The van der Waals surface area contributed by atoms with Crippen molar-refractivity contribution in [1.82, 2.24) is 9.48 Å². The van der Waals surface area contributed by atoms with Crippen molar-refractivity contribution in [2.45, 2.75) is 39.3 Å². The lowest BCUT2D eigenvalue weighted by molar-refractivity contribution is -0.756. The second-order valence-corrected chi connectivity index (χ2v) is 12.2. The molecule has 0 fully saturated rings. The van der Waals surface area contributed by atoms with Crippen LogP contribution in [-0.2, 0) is 5.66 Å². The first-order valence-corrected chi connectivity index (χ1v) is 14.3. The van der Waals surface area contributed by atoms with E-state index in [1.165, 1.54) is 56.4 Å². The van der Waals surface area contributed by atoms with E-state index in [1.807, 2.05) is 6.07 Å². The van der Waals surface area contributed by atoms with Crippen LogP contribution in [0.1, 0.15) is 56.0 Å². The van der Waals surface area contributed by atoms with Gasteiger partial charge in [0, 0.05) is 23.3 Å². The lowest BCUT2D eigenvalue weighted by Gasteiger charge is -2.41. The Morgan fingerprint density at radius 2 is 1.55 bits per heavy atom. The average Bonchev–Trinajstić information content (AvgIpc) is 3.45. The highest BCUT2D eigenvalue weighted by Gasteiger charge is 2.77. The fourth-order valence-corrected chi connectivity index (χ4v) is 7.78. The molecular formula is C35H27N3O2+2. The molecule has 0 saturated heterocycles. The van der Waals surface area contributed by atoms with Gasteiger partial charge in [0.05, 0.1) is 6.07 Å². The van der Waals surface area contributed by atoms with Gasteiger partial charge in [-0.05, 0) is 65.4 Å². The van der Waals surface area contributed by atoms with Crippen molar-refractivity contribution in [2.75, 3.05) is 0 Å². The molecule has 1 spiro atoms. The number of benzene rings is 3. The predicted octanol–water partition coefficient (Wildman–Crippen LogP) is 7.54. The highest BCUT2D eigenvalue weighted by atomic mass is 16.5. The van der Waals surface area contributed by atoms with Crippen LogP contribution in [-0.4, -0.2) is 10.7 Å². The first-order chi connectivity index (χ1) is 19.5. The van der Waals surface area contributed by atoms with Crippen molar-refractivity contribution in [3.8, 4) is 34.3 Å². The van der Waals surface area contributed by atoms with Crippen molar-refractivity contribution >= 4 is 22.9 Å². The van der Waals surface area contributed by atoms with E-state index in [0.717, 1.165) is 28.7 Å². The Morgan fingerprint density at radius 1 is 0.750 bits per heavy atom. The van der Waals surface area contributed by atoms with Gasteiger partial charge in [-0.15, -0.1) is 9.47 Å². The lowest BCUT2D eigenvalue weighted by Crippen LogP contribution is -2.68. The van der Waals surface area contributed by atoms with Crippen molar-refractivity contribution in [2.24, 2.45) is 5.92 Å². The normalized spacial score (nSPS) is 20.6. The highest BCUT2D eigenvalue weighted by Crippen LogP contribution is 2.66. The SMILES string of the molecule is CC(C)C1=CC2=[N+]3c4ccccc4-c4ccc5c(c43)C34c6c(cccc6Oc6cc(C(C)C)cc([n+]63)C(=C1)N24)O5. The molecule has 10 rings (SSSR count). The molecule has 1 unspecified atom stereocenters. The summed E-state index contributed by atoms with van der Waals surface area (Å²) in [6.45, 7) is 9.09. The maximum atomic E-state index is 6.77. The zero-order valence-electron chi connectivity index (χ0n) is 22.8. The Kier molecular flexibility index (Phi) is 3.48. The molecule has 0 bridgehead atoms. The van der Waals surface area contributed by atoms with Gasteiger partial charge in [0.25, 0.3) is 11.5 Å². The Morgan fingerprint density at radius 3 is 2.38 bits per heavy atom. The second-order valence-electron chi connectivity index (χ2n) is 12.2. The second kappa shape index (κ2) is 6.56. The summed E-state index contributed by atoms with van der Waals surface area (Å²) in [5, 5.41) is 0. The van der Waals surface area contributed by atoms with E-state index < -0.39 is 5.66 Å². The number of fused-ring (bicyclic) bond motifs is 4. The molecule has 5 heteroatoms. The Balaban J connectivity index is 1.48. The van der Waals surface area contributed by atoms with Crippen molar-refractivity contribution in [3.05, 3.63) is 107 Å². The van der Waals surface area contributed by atoms with Crippen LogP contribution in [0.25, 0.3) is 16.8 Å². The minimum absolute atomic E-state index is 0.368. The number of allylic oxidation sites excluding steroid dienone is 2. The maximum Gasteiger partial charge on any atom is 0.381 e. The molecule has 0 radical (unpaired) electrons. The van der Waals surface area contributed by atoms with Crippen LogP contribution < -0.4 is 18.6 Å². The summed E-state index contributed by atoms with van der Waals surface area (Å²) in [5.41, 5.74) is 11.5. The van der Waals surface area contributed by atoms with E-state index >= 15 is 0 Å². The number of pyridine rings is 1. The van der Waals surface area contributed by atoms with E-state index in [1.54, 1.807) is 0 Å². The molecule has 6 aliphatic heterocycles. The van der Waals surface area contributed by atoms with E-state index in [2.05, 4.69) is 115 Å². The molecule has 7 heterocycles. The number of rotatable bonds is 2. The standard InChI is InChI=1S/C35H27N3O2/c1-18(2)20-14-25-26-15-21(19(3)4)17-31-38(26)35-32-27(10-7-11-28(32)40-31)39-29-13-12-23-22-8-5-6-9-24(22)36(34(23)33(29)35)30(16-20)37(25)35/h5-19H,1-4H3/q+2. The third kappa shape index (κ3) is 2.09. The predicted molar refractivity (Wildman–Crippen MR) is 155 cm³/mol. The molecule has 6 aliphatic rings. The van der Waals surface area contributed by atoms with Crippen LogP contribution >= 0.6 is 0 Å². The molecule has 5 nitrogen and oxygen atoms in total. The maximum absolute atomic E-state index is 6.77. The molecular weight excluding hydrogens is 494 g/mol. The minimum atomic E-state index is -0.651. The number of aromatic nitrogens is 1. The average molecular weight is 522 g/mol. The quantitative estimate of drug-likeness (QED) is 0.225. The lowest BCUT2D eigenvalue weighted by atomic mass is 9.80. The van der Waals surface area contributed by atoms with E-state index in [0.29, 0.717) is 11.8 Å². The third-order valence-electron chi connectivity index (χ3n) is 9.51. The van der Waals surface area contributed by atoms with Gasteiger partial charge in [-0.1, -0.05) is 45.9 Å². The van der Waals surface area contributed by atoms with Gasteiger partial charge in [0.15, 0.2) is 22.6 Å². The van der Waals surface area contributed by atoms with Gasteiger partial charge >= 0.3 is 11.5 Å². The summed E-state index contributed by atoms with van der Waals surface area (Å²) in [5.74, 6) is 5.42. The first kappa shape index (κ1) is 21.2. The molecule has 192 valence electrons. The molecule has 0 saturated carbocycles. The molecule has 0 amide bonds. The number of hydrogen-bond donors (Lipinski definition) is 0. The van der Waals surface area contributed by atoms with Crippen LogP contribution in [0.2, 0.25) is 0 Å². The van der Waals surface area contributed by atoms with E-state index in [-0.39, 0.29) is 0 Å². The zero-order chi connectivity index (χ0) is 26.7. The molecule has 0 N–H and O–H groups in total. The molecule has 1 atom stereocenters. The van der Waals surface area contributed by atoms with Crippen LogP contribution in [0.3, 0.4) is 0 Å². The molecule has 1 aromatic heterocycles. The first-order valence-electron chi connectivity index (χ1n) is 14.3. The smallest absolute Gasteiger partial charge is 0.381 e. The van der Waals surface area contributed by atoms with E-state index in [9.17, 15) is 0 Å². The van der Waals surface area contributed by atoms with Gasteiger partial charge < -0.3 is 9.47 Å². The molecule has 40 heavy (non-hydrogen) atoms. The summed E-state index contributed by atoms with van der Waals surface area (Å²) < 4.78 is 18.4. The van der Waals surface area contributed by atoms with Crippen LogP contribution in [0.4, 0.5) is 11.4 Å². The summed E-state index contributed by atoms with van der Waals surface area (Å²) in [6.07, 6.45) is 4.81. The summed E-state index contributed by atoms with van der Waals surface area (Å²) >= 11 is 0. The van der Waals surface area contributed by atoms with E-state index in [4.69, 9.17) is 9.47 Å². The Hall–Kier alpha value is -4.64. The largest absolute Gasteiger partial charge is 0.455 e. The third-order valence-corrected chi connectivity index (χ3v) is 9.51. The van der Waals surface area contributed by atoms with Crippen LogP contribution in [0.15, 0.2) is 84.5 Å². The van der Waals surface area contributed by atoms with Gasteiger partial charge in [-0.3, -0.25) is 0 Å². The van der Waals surface area contributed by atoms with Gasteiger partial charge in [0.2, 0.25) is 5.70 Å². The highest BCUT2D eigenvalue weighted by molar-refractivity contribution is 6.13. The molecule has 4 aromatic rings. The molecule has 3 aromatic carbocycles. The van der Waals surface area contributed by atoms with Crippen LogP contribution in [0, 0.1) is 5.92 Å². The fraction of sp³-hybridized carbons (Fsp3) is 0.200. The number of ether oxygens (including phenoxy) is 2. The topological polar surface area (TPSA) is 28.6 Å². The van der Waals surface area contributed by atoms with Crippen molar-refractivity contribution in [3.63, 3.8) is 0 Å². The summed E-state index contributed by atoms with van der Waals surface area (Å²) in [4.78, 5) is 2.58. The number of hydrogen-bond acceptors (Lipinski definition) is 3. The minimum Gasteiger partial charge on any atom is -0.455 e. The zero-order valence-corrected chi connectivity index (χ0v) is 22.8. The van der Waals surface area contributed by atoms with Crippen molar-refractivity contribution in [1.29, 1.82) is 0 Å². The number of amidine groups is 1. The summed E-state index contributed by atoms with van der Waals surface area (Å²) in [6, 6.07) is 24.0. The van der Waals surface area contributed by atoms with Gasteiger partial charge in [-0.25, -0.2) is 0 Å². The van der Waals surface area contributed by atoms with Crippen LogP contribution in [0.5, 0.6) is 23.1 Å². The van der Waals surface area contributed by atoms with Crippen molar-refractivity contribution < 1.29 is 14.0 Å². The Labute approximate surface area is 232 Å². The molecule has 0 aliphatic carbocycles. The number of nitrogens with zero attached hydrogens (tertiary/aromatic N) is 3. The fourth-order valence-electron chi connectivity index (χ4n) is 7.78. The summed E-state index contributed by atoms with van der Waals surface area (Å²) in [7, 11) is 0. The Bertz CT molecular complexity index is 2030.